The van der Waals surface area contributed by atoms with Crippen molar-refractivity contribution < 1.29 is 24.5 Å². The monoisotopic (exact) mass is 1070 g/mol. The van der Waals surface area contributed by atoms with Gasteiger partial charge in [0, 0.05) is 12.8 Å². The molecule has 0 heterocycles. The van der Waals surface area contributed by atoms with Crippen molar-refractivity contribution in [2.24, 2.45) is 0 Å². The van der Waals surface area contributed by atoms with Crippen molar-refractivity contribution in [3.8, 4) is 0 Å². The van der Waals surface area contributed by atoms with E-state index < -0.39 is 12.1 Å². The summed E-state index contributed by atoms with van der Waals surface area (Å²) in [5.41, 5.74) is 0. The third-order valence-corrected chi connectivity index (χ3v) is 15.9. The zero-order valence-corrected chi connectivity index (χ0v) is 51.3. The van der Waals surface area contributed by atoms with Crippen LogP contribution in [-0.4, -0.2) is 47.4 Å². The van der Waals surface area contributed by atoms with Crippen molar-refractivity contribution in [2.75, 3.05) is 13.2 Å². The van der Waals surface area contributed by atoms with Crippen LogP contribution >= 0.6 is 0 Å². The van der Waals surface area contributed by atoms with E-state index in [1.54, 1.807) is 6.08 Å². The fraction of sp³-hybridized carbons (Fsp3) is 0.886. The van der Waals surface area contributed by atoms with Crippen LogP contribution < -0.4 is 5.32 Å². The number of ether oxygens (including phenoxy) is 1. The number of hydrogen-bond acceptors (Lipinski definition) is 5. The molecule has 76 heavy (non-hydrogen) atoms. The molecule has 0 aromatic heterocycles. The molecule has 3 N–H and O–H groups in total. The minimum Gasteiger partial charge on any atom is -0.466 e. The highest BCUT2D eigenvalue weighted by atomic mass is 16.5. The Morgan fingerprint density at radius 1 is 0.368 bits per heavy atom. The highest BCUT2D eigenvalue weighted by molar-refractivity contribution is 5.76. The maximum atomic E-state index is 12.5. The molecular formula is C70H133NO5. The molecule has 1 amide bonds. The first-order valence-electron chi connectivity index (χ1n) is 34.3. The van der Waals surface area contributed by atoms with Gasteiger partial charge in [-0.15, -0.1) is 0 Å². The molecule has 0 fully saturated rings. The van der Waals surface area contributed by atoms with Crippen LogP contribution in [0.15, 0.2) is 36.5 Å². The molecule has 0 aromatic rings. The lowest BCUT2D eigenvalue weighted by molar-refractivity contribution is -0.143. The van der Waals surface area contributed by atoms with E-state index in [-0.39, 0.29) is 18.5 Å². The van der Waals surface area contributed by atoms with Crippen LogP contribution in [-0.2, 0) is 14.3 Å². The molecule has 0 spiro atoms. The van der Waals surface area contributed by atoms with Crippen LogP contribution in [0.2, 0.25) is 0 Å². The summed E-state index contributed by atoms with van der Waals surface area (Å²) in [4.78, 5) is 24.6. The minimum atomic E-state index is -0.853. The van der Waals surface area contributed by atoms with E-state index >= 15 is 0 Å². The van der Waals surface area contributed by atoms with Gasteiger partial charge in [0.1, 0.15) is 0 Å². The van der Waals surface area contributed by atoms with Crippen LogP contribution in [0.25, 0.3) is 0 Å². The van der Waals surface area contributed by atoms with Gasteiger partial charge in [0.15, 0.2) is 0 Å². The summed E-state index contributed by atoms with van der Waals surface area (Å²) < 4.78 is 5.48. The van der Waals surface area contributed by atoms with Crippen molar-refractivity contribution >= 4 is 11.9 Å². The first-order valence-corrected chi connectivity index (χ1v) is 34.3. The molecule has 6 nitrogen and oxygen atoms in total. The summed E-state index contributed by atoms with van der Waals surface area (Å²) in [7, 11) is 0. The van der Waals surface area contributed by atoms with Gasteiger partial charge in [0.2, 0.25) is 5.91 Å². The Morgan fingerprint density at radius 2 is 0.658 bits per heavy atom. The lowest BCUT2D eigenvalue weighted by atomic mass is 10.0. The Labute approximate surface area is 474 Å². The lowest BCUT2D eigenvalue weighted by Gasteiger charge is -2.20. The van der Waals surface area contributed by atoms with E-state index in [1.165, 1.54) is 289 Å². The average Bonchev–Trinajstić information content (AvgIpc) is 3.42. The van der Waals surface area contributed by atoms with Crippen LogP contribution in [0, 0.1) is 0 Å². The third kappa shape index (κ3) is 61.3. The summed E-state index contributed by atoms with van der Waals surface area (Å²) in [5.74, 6) is -0.0658. The van der Waals surface area contributed by atoms with Gasteiger partial charge in [-0.25, -0.2) is 0 Å². The second-order valence-corrected chi connectivity index (χ2v) is 23.5. The molecule has 448 valence electrons. The number of nitrogens with one attached hydrogen (secondary N) is 1. The van der Waals surface area contributed by atoms with Crippen LogP contribution in [0.1, 0.15) is 373 Å². The van der Waals surface area contributed by atoms with E-state index in [0.717, 1.165) is 57.8 Å². The molecule has 0 aliphatic carbocycles. The number of amides is 1. The molecule has 0 saturated heterocycles. The fourth-order valence-electron chi connectivity index (χ4n) is 10.7. The lowest BCUT2D eigenvalue weighted by Crippen LogP contribution is -2.45. The van der Waals surface area contributed by atoms with Gasteiger partial charge in [-0.05, 0) is 64.2 Å². The van der Waals surface area contributed by atoms with Gasteiger partial charge in [-0.1, -0.05) is 333 Å². The van der Waals surface area contributed by atoms with E-state index in [0.29, 0.717) is 19.4 Å². The summed E-state index contributed by atoms with van der Waals surface area (Å²) in [6.07, 6.45) is 83.5. The number of carbonyl (C=O) groups is 2. The summed E-state index contributed by atoms with van der Waals surface area (Å²) in [6.45, 7) is 4.93. The molecular weight excluding hydrogens is 935 g/mol. The second kappa shape index (κ2) is 65.6. The van der Waals surface area contributed by atoms with Crippen molar-refractivity contribution in [1.29, 1.82) is 0 Å². The van der Waals surface area contributed by atoms with Crippen LogP contribution in [0.5, 0.6) is 0 Å². The number of rotatable bonds is 64. The number of aliphatic hydroxyl groups is 2. The highest BCUT2D eigenvalue weighted by Gasteiger charge is 2.18. The number of allylic oxidation sites excluding steroid dienone is 5. The fourth-order valence-corrected chi connectivity index (χ4v) is 10.7. The smallest absolute Gasteiger partial charge is 0.305 e. The molecule has 6 heteroatoms. The maximum Gasteiger partial charge on any atom is 0.305 e. The van der Waals surface area contributed by atoms with Gasteiger partial charge in [0.25, 0.3) is 0 Å². The molecule has 0 aromatic carbocycles. The van der Waals surface area contributed by atoms with Gasteiger partial charge in [-0.3, -0.25) is 9.59 Å². The zero-order chi connectivity index (χ0) is 55.0. The van der Waals surface area contributed by atoms with Gasteiger partial charge in [-0.2, -0.15) is 0 Å². The number of aliphatic hydroxyl groups excluding tert-OH is 2. The normalized spacial score (nSPS) is 12.7. The van der Waals surface area contributed by atoms with Crippen molar-refractivity contribution in [2.45, 2.75) is 386 Å². The summed E-state index contributed by atoms with van der Waals surface area (Å²) in [6, 6.07) is -0.637. The Kier molecular flexibility index (Phi) is 63.9. The molecule has 0 rings (SSSR count). The molecule has 2 unspecified atom stereocenters. The number of hydrogen-bond donors (Lipinski definition) is 3. The molecule has 0 aliphatic heterocycles. The van der Waals surface area contributed by atoms with E-state index in [9.17, 15) is 19.8 Å². The molecule has 0 saturated carbocycles. The Hall–Kier alpha value is -1.92. The highest BCUT2D eigenvalue weighted by Crippen LogP contribution is 2.18. The zero-order valence-electron chi connectivity index (χ0n) is 51.3. The van der Waals surface area contributed by atoms with Gasteiger partial charge in [0.05, 0.1) is 25.4 Å². The predicted molar refractivity (Wildman–Crippen MR) is 333 cm³/mol. The van der Waals surface area contributed by atoms with Crippen LogP contribution in [0.4, 0.5) is 0 Å². The quantitative estimate of drug-likeness (QED) is 0.0320. The summed E-state index contributed by atoms with van der Waals surface area (Å²) >= 11 is 0. The maximum absolute atomic E-state index is 12.5. The third-order valence-electron chi connectivity index (χ3n) is 15.9. The summed E-state index contributed by atoms with van der Waals surface area (Å²) in [5, 5.41) is 23.2. The number of esters is 1. The van der Waals surface area contributed by atoms with Crippen molar-refractivity contribution in [3.63, 3.8) is 0 Å². The van der Waals surface area contributed by atoms with E-state index in [2.05, 4.69) is 43.5 Å². The first-order chi connectivity index (χ1) is 37.5. The van der Waals surface area contributed by atoms with Gasteiger partial charge >= 0.3 is 5.97 Å². The second-order valence-electron chi connectivity index (χ2n) is 23.5. The SMILES string of the molecule is CCCCCCCCCCCCCCCCCCCCCC/C=C/C(O)C(CO)NC(=O)CCCCCCCCC/C=C\C/C=C\CCCCCCCCCCCOC(=O)CCCCCCCCCCCCCCCC. The Bertz CT molecular complexity index is 1230. The molecule has 0 aliphatic rings. The largest absolute Gasteiger partial charge is 0.466 e. The molecule has 0 radical (unpaired) electrons. The van der Waals surface area contributed by atoms with Crippen molar-refractivity contribution in [1.82, 2.24) is 5.32 Å². The van der Waals surface area contributed by atoms with Crippen LogP contribution in [0.3, 0.4) is 0 Å². The molecule has 0 bridgehead atoms. The average molecular weight is 1070 g/mol. The Morgan fingerprint density at radius 3 is 1.00 bits per heavy atom. The Balaban J connectivity index is 3.47. The van der Waals surface area contributed by atoms with Crippen molar-refractivity contribution in [3.05, 3.63) is 36.5 Å². The first kappa shape index (κ1) is 74.1. The standard InChI is InChI=1S/C70H133NO5/c1-3-5-7-9-11-13-15-17-19-20-21-22-26-29-32-35-38-42-46-50-54-58-62-68(73)67(66-72)71-69(74)63-59-55-51-47-43-39-36-33-30-27-24-23-25-28-31-34-37-41-45-49-53-57-61-65-76-70(75)64-60-56-52-48-44-40-18-16-14-12-10-8-6-4-2/h23,25,27,30,58,62,67-68,72-73H,3-22,24,26,28-29,31-57,59-61,63-66H2,1-2H3,(H,71,74)/b25-23-,30-27-,62-58+. The van der Waals surface area contributed by atoms with E-state index in [4.69, 9.17) is 4.74 Å². The molecule has 2 atom stereocenters. The number of unbranched alkanes of at least 4 members (excludes halogenated alkanes) is 49. The minimum absolute atomic E-state index is 0.00922. The predicted octanol–water partition coefficient (Wildman–Crippen LogP) is 21.9. The van der Waals surface area contributed by atoms with E-state index in [1.807, 2.05) is 6.08 Å². The number of carbonyl (C=O) groups excluding carboxylic acids is 2. The van der Waals surface area contributed by atoms with Gasteiger partial charge < -0.3 is 20.3 Å². The topological polar surface area (TPSA) is 95.9 Å².